The highest BCUT2D eigenvalue weighted by molar-refractivity contribution is 5.88. The molecule has 7 nitrogen and oxygen atoms in total. The van der Waals surface area contributed by atoms with Crippen LogP contribution in [0, 0.1) is 0 Å². The molecule has 0 aromatic carbocycles. The summed E-state index contributed by atoms with van der Waals surface area (Å²) >= 11 is 0. The standard InChI is InChI=1S/C16H22F2N6O/c1-2-23-10-13(9-19-23)12-3-6-22(7-4-12)16(25)20-15-5-8-24(21-15)11-14(17)18/h5,8-10,12,14H,2-4,6-7,11H2,1H3,(H,20,21,25). The molecule has 0 unspecified atom stereocenters. The minimum atomic E-state index is -2.47. The lowest BCUT2D eigenvalue weighted by atomic mass is 9.92. The lowest BCUT2D eigenvalue weighted by Gasteiger charge is -2.31. The highest BCUT2D eigenvalue weighted by Crippen LogP contribution is 2.27. The van der Waals surface area contributed by atoms with E-state index in [0.29, 0.717) is 19.0 Å². The molecule has 1 saturated heterocycles. The number of nitrogens with zero attached hydrogens (tertiary/aromatic N) is 5. The van der Waals surface area contributed by atoms with E-state index in [4.69, 9.17) is 0 Å². The number of carbonyl (C=O) groups excluding carboxylic acids is 1. The molecule has 2 aromatic rings. The average Bonchev–Trinajstić information content (AvgIpc) is 3.24. The van der Waals surface area contributed by atoms with Gasteiger partial charge in [0.05, 0.1) is 6.20 Å². The van der Waals surface area contributed by atoms with Crippen molar-refractivity contribution >= 4 is 11.8 Å². The first kappa shape index (κ1) is 17.4. The molecule has 3 heterocycles. The predicted octanol–water partition coefficient (Wildman–Crippen LogP) is 2.78. The average molecular weight is 352 g/mol. The van der Waals surface area contributed by atoms with E-state index in [1.165, 1.54) is 17.8 Å². The highest BCUT2D eigenvalue weighted by atomic mass is 19.3. The Kier molecular flexibility index (Phi) is 5.30. The predicted molar refractivity (Wildman–Crippen MR) is 88.7 cm³/mol. The number of hydrogen-bond donors (Lipinski definition) is 1. The Hall–Kier alpha value is -2.45. The third-order valence-corrected chi connectivity index (χ3v) is 4.43. The molecule has 1 N–H and O–H groups in total. The molecular weight excluding hydrogens is 330 g/mol. The second-order valence-electron chi connectivity index (χ2n) is 6.13. The molecule has 1 aliphatic heterocycles. The summed E-state index contributed by atoms with van der Waals surface area (Å²) in [4.78, 5) is 14.0. The minimum Gasteiger partial charge on any atom is -0.324 e. The summed E-state index contributed by atoms with van der Waals surface area (Å²) in [7, 11) is 0. The summed E-state index contributed by atoms with van der Waals surface area (Å²) in [5.41, 5.74) is 1.22. The fraction of sp³-hybridized carbons (Fsp3) is 0.562. The number of urea groups is 1. The molecular formula is C16H22F2N6O. The molecule has 0 radical (unpaired) electrons. The molecule has 0 spiro atoms. The quantitative estimate of drug-likeness (QED) is 0.900. The van der Waals surface area contributed by atoms with Crippen molar-refractivity contribution in [3.05, 3.63) is 30.2 Å². The van der Waals surface area contributed by atoms with E-state index in [-0.39, 0.29) is 11.8 Å². The maximum absolute atomic E-state index is 12.3. The number of alkyl halides is 2. The molecule has 0 atom stereocenters. The fourth-order valence-electron chi connectivity index (χ4n) is 3.04. The van der Waals surface area contributed by atoms with Crippen LogP contribution in [0.25, 0.3) is 0 Å². The Bertz CT molecular complexity index is 705. The lowest BCUT2D eigenvalue weighted by molar-refractivity contribution is 0.122. The number of nitrogens with one attached hydrogen (secondary N) is 1. The van der Waals surface area contributed by atoms with Crippen molar-refractivity contribution in [2.24, 2.45) is 0 Å². The number of likely N-dealkylation sites (tertiary alicyclic amines) is 1. The number of amides is 2. The molecule has 0 saturated carbocycles. The first-order valence-corrected chi connectivity index (χ1v) is 8.45. The Labute approximate surface area is 144 Å². The van der Waals surface area contributed by atoms with Crippen LogP contribution in [-0.4, -0.2) is 50.0 Å². The summed E-state index contributed by atoms with van der Waals surface area (Å²) in [6.45, 7) is 3.70. The fourth-order valence-corrected chi connectivity index (χ4v) is 3.04. The van der Waals surface area contributed by atoms with Crippen molar-refractivity contribution in [3.63, 3.8) is 0 Å². The molecule has 0 aliphatic carbocycles. The largest absolute Gasteiger partial charge is 0.324 e. The number of hydrogen-bond acceptors (Lipinski definition) is 3. The van der Waals surface area contributed by atoms with Gasteiger partial charge in [-0.1, -0.05) is 0 Å². The molecule has 3 rings (SSSR count). The monoisotopic (exact) mass is 352 g/mol. The number of piperidine rings is 1. The van der Waals surface area contributed by atoms with Crippen LogP contribution in [0.1, 0.15) is 31.2 Å². The Morgan fingerprint density at radius 2 is 2.12 bits per heavy atom. The van der Waals surface area contributed by atoms with Crippen molar-refractivity contribution in [2.75, 3.05) is 18.4 Å². The van der Waals surface area contributed by atoms with Gasteiger partial charge in [0.15, 0.2) is 5.82 Å². The second-order valence-corrected chi connectivity index (χ2v) is 6.13. The molecule has 9 heteroatoms. The third kappa shape index (κ3) is 4.34. The van der Waals surface area contributed by atoms with Gasteiger partial charge in [0.25, 0.3) is 6.43 Å². The van der Waals surface area contributed by atoms with E-state index >= 15 is 0 Å². The number of aromatic nitrogens is 4. The summed E-state index contributed by atoms with van der Waals surface area (Å²) in [5, 5.41) is 10.9. The maximum atomic E-state index is 12.3. The first-order valence-electron chi connectivity index (χ1n) is 8.45. The number of aryl methyl sites for hydroxylation is 1. The van der Waals surface area contributed by atoms with E-state index in [1.54, 1.807) is 4.90 Å². The minimum absolute atomic E-state index is 0.245. The first-order chi connectivity index (χ1) is 12.0. The van der Waals surface area contributed by atoms with Gasteiger partial charge in [0.1, 0.15) is 6.54 Å². The molecule has 2 amide bonds. The Morgan fingerprint density at radius 3 is 2.76 bits per heavy atom. The zero-order chi connectivity index (χ0) is 17.8. The van der Waals surface area contributed by atoms with Crippen LogP contribution in [0.3, 0.4) is 0 Å². The third-order valence-electron chi connectivity index (χ3n) is 4.43. The summed E-state index contributed by atoms with van der Waals surface area (Å²) in [6, 6.07) is 1.27. The van der Waals surface area contributed by atoms with Gasteiger partial charge in [-0.2, -0.15) is 10.2 Å². The van der Waals surface area contributed by atoms with Crippen LogP contribution < -0.4 is 5.32 Å². The van der Waals surface area contributed by atoms with E-state index in [2.05, 4.69) is 21.7 Å². The maximum Gasteiger partial charge on any atom is 0.323 e. The van der Waals surface area contributed by atoms with E-state index in [9.17, 15) is 13.6 Å². The molecule has 1 aliphatic rings. The van der Waals surface area contributed by atoms with E-state index in [0.717, 1.165) is 24.1 Å². The molecule has 25 heavy (non-hydrogen) atoms. The smallest absolute Gasteiger partial charge is 0.323 e. The van der Waals surface area contributed by atoms with Gasteiger partial charge in [-0.05, 0) is 31.2 Å². The van der Waals surface area contributed by atoms with Gasteiger partial charge in [-0.3, -0.25) is 14.7 Å². The van der Waals surface area contributed by atoms with Crippen LogP contribution in [-0.2, 0) is 13.1 Å². The van der Waals surface area contributed by atoms with Gasteiger partial charge < -0.3 is 4.90 Å². The van der Waals surface area contributed by atoms with E-state index < -0.39 is 13.0 Å². The van der Waals surface area contributed by atoms with Crippen LogP contribution in [0.5, 0.6) is 0 Å². The number of carbonyl (C=O) groups is 1. The van der Waals surface area contributed by atoms with Gasteiger partial charge >= 0.3 is 6.03 Å². The zero-order valence-corrected chi connectivity index (χ0v) is 14.1. The molecule has 136 valence electrons. The SMILES string of the molecule is CCn1cc(C2CCN(C(=O)Nc3ccn(CC(F)F)n3)CC2)cn1. The normalized spacial score (nSPS) is 15.8. The summed E-state index contributed by atoms with van der Waals surface area (Å²) in [5.74, 6) is 0.701. The molecule has 2 aromatic heterocycles. The van der Waals surface area contributed by atoms with Gasteiger partial charge in [0.2, 0.25) is 0 Å². The number of halogens is 2. The summed E-state index contributed by atoms with van der Waals surface area (Å²) in [6.07, 6.45) is 4.68. The summed E-state index contributed by atoms with van der Waals surface area (Å²) < 4.78 is 27.7. The van der Waals surface area contributed by atoms with Crippen molar-refractivity contribution in [3.8, 4) is 0 Å². The van der Waals surface area contributed by atoms with Crippen LogP contribution in [0.4, 0.5) is 19.4 Å². The van der Waals surface area contributed by atoms with Crippen molar-refractivity contribution in [2.45, 2.75) is 45.2 Å². The van der Waals surface area contributed by atoms with Gasteiger partial charge in [-0.25, -0.2) is 13.6 Å². The van der Waals surface area contributed by atoms with Crippen LogP contribution >= 0.6 is 0 Å². The van der Waals surface area contributed by atoms with Crippen molar-refractivity contribution in [1.29, 1.82) is 0 Å². The van der Waals surface area contributed by atoms with Crippen LogP contribution in [0.15, 0.2) is 24.7 Å². The Balaban J connectivity index is 1.50. The number of rotatable bonds is 5. The van der Waals surface area contributed by atoms with Crippen molar-refractivity contribution < 1.29 is 13.6 Å². The Morgan fingerprint density at radius 1 is 1.36 bits per heavy atom. The van der Waals surface area contributed by atoms with Gasteiger partial charge in [-0.15, -0.1) is 0 Å². The second kappa shape index (κ2) is 7.62. The lowest BCUT2D eigenvalue weighted by Crippen LogP contribution is -2.40. The van der Waals surface area contributed by atoms with Gasteiger partial charge in [0, 0.05) is 38.1 Å². The van der Waals surface area contributed by atoms with E-state index in [1.807, 2.05) is 17.8 Å². The topological polar surface area (TPSA) is 68.0 Å². The van der Waals surface area contributed by atoms with Crippen LogP contribution in [0.2, 0.25) is 0 Å². The molecule has 0 bridgehead atoms. The zero-order valence-electron chi connectivity index (χ0n) is 14.1. The van der Waals surface area contributed by atoms with Crippen molar-refractivity contribution in [1.82, 2.24) is 24.5 Å². The highest BCUT2D eigenvalue weighted by Gasteiger charge is 2.25. The number of anilines is 1. The molecule has 1 fully saturated rings.